The molecule has 17 heavy (non-hydrogen) atoms. The van der Waals surface area contributed by atoms with Crippen molar-refractivity contribution in [2.75, 3.05) is 0 Å². The molecule has 0 aliphatic rings. The number of aryl methyl sites for hydroxylation is 1. The van der Waals surface area contributed by atoms with Crippen LogP contribution in [0.1, 0.15) is 5.56 Å². The van der Waals surface area contributed by atoms with Crippen LogP contribution >= 0.6 is 0 Å². The van der Waals surface area contributed by atoms with E-state index in [1.165, 1.54) is 11.6 Å². The second-order valence-corrected chi connectivity index (χ2v) is 4.16. The highest BCUT2D eigenvalue weighted by molar-refractivity contribution is 6.07. The van der Waals surface area contributed by atoms with Gasteiger partial charge < -0.3 is 4.98 Å². The molecular weight excluding hydrogens is 216 g/mol. The molecule has 4 heteroatoms. The molecular formula is C13H10N2O2. The molecule has 0 atom stereocenters. The van der Waals surface area contributed by atoms with Crippen molar-refractivity contribution in [2.24, 2.45) is 0 Å². The maximum Gasteiger partial charge on any atom is 0.271 e. The van der Waals surface area contributed by atoms with Gasteiger partial charge >= 0.3 is 0 Å². The van der Waals surface area contributed by atoms with Gasteiger partial charge in [0.25, 0.3) is 5.69 Å². The van der Waals surface area contributed by atoms with Crippen molar-refractivity contribution in [3.05, 3.63) is 52.1 Å². The van der Waals surface area contributed by atoms with Crippen LogP contribution in [0.5, 0.6) is 0 Å². The first-order valence-electron chi connectivity index (χ1n) is 5.31. The number of aromatic nitrogens is 1. The Bertz CT molecular complexity index is 744. The number of rotatable bonds is 1. The third kappa shape index (κ3) is 1.45. The van der Waals surface area contributed by atoms with Crippen molar-refractivity contribution in [3.8, 4) is 0 Å². The Morgan fingerprint density at radius 2 is 1.71 bits per heavy atom. The first kappa shape index (κ1) is 9.84. The molecule has 0 radical (unpaired) electrons. The van der Waals surface area contributed by atoms with Crippen LogP contribution in [-0.4, -0.2) is 9.91 Å². The fraction of sp³-hybridized carbons (Fsp3) is 0.0769. The normalized spacial score (nSPS) is 11.1. The molecule has 0 saturated carbocycles. The minimum Gasteiger partial charge on any atom is -0.354 e. The molecule has 84 valence electrons. The summed E-state index contributed by atoms with van der Waals surface area (Å²) in [4.78, 5) is 13.5. The molecule has 0 aliphatic heterocycles. The minimum absolute atomic E-state index is 0.112. The van der Waals surface area contributed by atoms with Crippen molar-refractivity contribution in [1.29, 1.82) is 0 Å². The fourth-order valence-electron chi connectivity index (χ4n) is 2.13. The molecule has 3 aromatic rings. The van der Waals surface area contributed by atoms with Crippen LogP contribution < -0.4 is 0 Å². The van der Waals surface area contributed by atoms with E-state index in [-0.39, 0.29) is 10.6 Å². The number of hydrogen-bond acceptors (Lipinski definition) is 2. The second-order valence-electron chi connectivity index (χ2n) is 4.16. The standard InChI is InChI=1S/C13H10N2O2/c1-8-2-4-10-11-5-3-9(15(16)17)7-13(11)14-12(10)6-8/h2-7,14H,1H3. The van der Waals surface area contributed by atoms with Gasteiger partial charge in [0.2, 0.25) is 0 Å². The summed E-state index contributed by atoms with van der Waals surface area (Å²) < 4.78 is 0. The summed E-state index contributed by atoms with van der Waals surface area (Å²) in [6.45, 7) is 2.02. The Hall–Kier alpha value is -2.36. The summed E-state index contributed by atoms with van der Waals surface area (Å²) in [6.07, 6.45) is 0. The van der Waals surface area contributed by atoms with Gasteiger partial charge in [-0.1, -0.05) is 12.1 Å². The van der Waals surface area contributed by atoms with Crippen LogP contribution in [0.25, 0.3) is 21.8 Å². The van der Waals surface area contributed by atoms with Crippen molar-refractivity contribution < 1.29 is 4.92 Å². The third-order valence-electron chi connectivity index (χ3n) is 2.95. The molecule has 4 nitrogen and oxygen atoms in total. The Kier molecular flexibility index (Phi) is 1.92. The topological polar surface area (TPSA) is 58.9 Å². The number of aromatic amines is 1. The Morgan fingerprint density at radius 3 is 2.41 bits per heavy atom. The van der Waals surface area contributed by atoms with Gasteiger partial charge in [0.05, 0.1) is 10.4 Å². The van der Waals surface area contributed by atoms with Gasteiger partial charge in [-0.05, 0) is 24.6 Å². The lowest BCUT2D eigenvalue weighted by atomic mass is 10.1. The van der Waals surface area contributed by atoms with Crippen LogP contribution in [0.15, 0.2) is 36.4 Å². The van der Waals surface area contributed by atoms with Gasteiger partial charge in [0.1, 0.15) is 0 Å². The maximum absolute atomic E-state index is 10.7. The molecule has 0 spiro atoms. The molecule has 0 aliphatic carbocycles. The molecule has 0 amide bonds. The van der Waals surface area contributed by atoms with Crippen LogP contribution in [0.3, 0.4) is 0 Å². The quantitative estimate of drug-likeness (QED) is 0.509. The van der Waals surface area contributed by atoms with Crippen LogP contribution in [0.2, 0.25) is 0 Å². The van der Waals surface area contributed by atoms with Gasteiger partial charge in [0, 0.05) is 28.4 Å². The number of benzene rings is 2. The number of non-ortho nitro benzene ring substituents is 1. The predicted octanol–water partition coefficient (Wildman–Crippen LogP) is 3.54. The van der Waals surface area contributed by atoms with E-state index in [4.69, 9.17) is 0 Å². The monoisotopic (exact) mass is 226 g/mol. The van der Waals surface area contributed by atoms with Crippen molar-refractivity contribution in [3.63, 3.8) is 0 Å². The molecule has 2 aromatic carbocycles. The molecule has 3 rings (SSSR count). The van der Waals surface area contributed by atoms with Gasteiger partial charge in [-0.3, -0.25) is 10.1 Å². The van der Waals surface area contributed by atoms with Gasteiger partial charge in [-0.2, -0.15) is 0 Å². The average Bonchev–Trinajstić information content (AvgIpc) is 2.64. The Labute approximate surface area is 97.0 Å². The summed E-state index contributed by atoms with van der Waals surface area (Å²) in [5.74, 6) is 0. The molecule has 0 bridgehead atoms. The van der Waals surface area contributed by atoms with Gasteiger partial charge in [-0.15, -0.1) is 0 Å². The average molecular weight is 226 g/mol. The first-order valence-corrected chi connectivity index (χ1v) is 5.31. The van der Waals surface area contributed by atoms with E-state index in [2.05, 4.69) is 4.98 Å². The summed E-state index contributed by atoms with van der Waals surface area (Å²) in [5.41, 5.74) is 3.10. The number of hydrogen-bond donors (Lipinski definition) is 1. The number of nitro benzene ring substituents is 1. The summed E-state index contributed by atoms with van der Waals surface area (Å²) in [5, 5.41) is 12.8. The van der Waals surface area contributed by atoms with Crippen LogP contribution in [-0.2, 0) is 0 Å². The van der Waals surface area contributed by atoms with Gasteiger partial charge in [-0.25, -0.2) is 0 Å². The molecule has 0 unspecified atom stereocenters. The molecule has 0 fully saturated rings. The van der Waals surface area contributed by atoms with Crippen LogP contribution in [0, 0.1) is 17.0 Å². The third-order valence-corrected chi connectivity index (χ3v) is 2.95. The highest BCUT2D eigenvalue weighted by Gasteiger charge is 2.09. The smallest absolute Gasteiger partial charge is 0.271 e. The highest BCUT2D eigenvalue weighted by atomic mass is 16.6. The van der Waals surface area contributed by atoms with Crippen molar-refractivity contribution in [2.45, 2.75) is 6.92 Å². The fourth-order valence-corrected chi connectivity index (χ4v) is 2.13. The largest absolute Gasteiger partial charge is 0.354 e. The van der Waals surface area contributed by atoms with E-state index in [1.807, 2.05) is 25.1 Å². The van der Waals surface area contributed by atoms with Crippen LogP contribution in [0.4, 0.5) is 5.69 Å². The predicted molar refractivity (Wildman–Crippen MR) is 67.2 cm³/mol. The van der Waals surface area contributed by atoms with Crippen molar-refractivity contribution in [1.82, 2.24) is 4.98 Å². The number of H-pyrrole nitrogens is 1. The summed E-state index contributed by atoms with van der Waals surface area (Å²) in [7, 11) is 0. The SMILES string of the molecule is Cc1ccc2c(c1)[nH]c1cc([N+](=O)[O-])ccc12. The van der Waals surface area contributed by atoms with E-state index >= 15 is 0 Å². The zero-order valence-electron chi connectivity index (χ0n) is 9.23. The zero-order valence-corrected chi connectivity index (χ0v) is 9.23. The van der Waals surface area contributed by atoms with E-state index in [0.717, 1.165) is 21.8 Å². The molecule has 1 N–H and O–H groups in total. The van der Waals surface area contributed by atoms with Crippen molar-refractivity contribution >= 4 is 27.5 Å². The number of nitrogens with one attached hydrogen (secondary N) is 1. The maximum atomic E-state index is 10.7. The Balaban J connectivity index is 2.38. The number of nitrogens with zero attached hydrogens (tertiary/aromatic N) is 1. The summed E-state index contributed by atoms with van der Waals surface area (Å²) >= 11 is 0. The lowest BCUT2D eigenvalue weighted by Gasteiger charge is -1.93. The number of fused-ring (bicyclic) bond motifs is 3. The lowest BCUT2D eigenvalue weighted by molar-refractivity contribution is -0.384. The number of nitro groups is 1. The van der Waals surface area contributed by atoms with Gasteiger partial charge in [0.15, 0.2) is 0 Å². The van der Waals surface area contributed by atoms with E-state index in [1.54, 1.807) is 12.1 Å². The van der Waals surface area contributed by atoms with E-state index in [9.17, 15) is 10.1 Å². The van der Waals surface area contributed by atoms with E-state index in [0.29, 0.717) is 0 Å². The Morgan fingerprint density at radius 1 is 1.06 bits per heavy atom. The highest BCUT2D eigenvalue weighted by Crippen LogP contribution is 2.28. The second kappa shape index (κ2) is 3.31. The molecule has 1 heterocycles. The molecule has 0 saturated heterocycles. The zero-order chi connectivity index (χ0) is 12.0. The first-order chi connectivity index (χ1) is 8.15. The molecule has 1 aromatic heterocycles. The lowest BCUT2D eigenvalue weighted by Crippen LogP contribution is -1.86. The minimum atomic E-state index is -0.379. The summed E-state index contributed by atoms with van der Waals surface area (Å²) in [6, 6.07) is 11.0. The van der Waals surface area contributed by atoms with E-state index < -0.39 is 0 Å².